The van der Waals surface area contributed by atoms with Crippen LogP contribution in [0.25, 0.3) is 0 Å². The number of nitrogens with two attached hydrogens (primary N) is 1. The predicted octanol–water partition coefficient (Wildman–Crippen LogP) is 2.47. The van der Waals surface area contributed by atoms with Gasteiger partial charge in [-0.1, -0.05) is 11.6 Å². The first-order valence-electron chi connectivity index (χ1n) is 5.76. The van der Waals surface area contributed by atoms with E-state index in [0.717, 1.165) is 5.69 Å². The van der Waals surface area contributed by atoms with Crippen LogP contribution in [0.2, 0.25) is 5.02 Å². The summed E-state index contributed by atoms with van der Waals surface area (Å²) >= 11 is 7.34. The largest absolute Gasteiger partial charge is 0.397 e. The highest BCUT2D eigenvalue weighted by molar-refractivity contribution is 7.89. The van der Waals surface area contributed by atoms with Gasteiger partial charge in [0.15, 0.2) is 0 Å². The van der Waals surface area contributed by atoms with Crippen LogP contribution in [-0.4, -0.2) is 13.4 Å². The van der Waals surface area contributed by atoms with Gasteiger partial charge in [0.2, 0.25) is 10.0 Å². The lowest BCUT2D eigenvalue weighted by atomic mass is 10.2. The Kier molecular flexibility index (Phi) is 4.33. The Morgan fingerprint density at radius 2 is 2.10 bits per heavy atom. The van der Waals surface area contributed by atoms with E-state index in [1.165, 1.54) is 23.5 Å². The van der Waals surface area contributed by atoms with Crippen molar-refractivity contribution in [1.29, 1.82) is 0 Å². The third-order valence-electron chi connectivity index (χ3n) is 2.65. The molecule has 0 bridgehead atoms. The van der Waals surface area contributed by atoms with E-state index in [4.69, 9.17) is 17.3 Å². The average molecular weight is 332 g/mol. The number of nitrogens with zero attached hydrogens (tertiary/aromatic N) is 1. The molecule has 0 fully saturated rings. The molecule has 5 nitrogen and oxygen atoms in total. The molecule has 0 aliphatic heterocycles. The molecule has 0 aliphatic rings. The lowest BCUT2D eigenvalue weighted by Crippen LogP contribution is -2.23. The molecular weight excluding hydrogens is 318 g/mol. The maximum atomic E-state index is 12.2. The van der Waals surface area contributed by atoms with Gasteiger partial charge in [0.05, 0.1) is 22.2 Å². The number of halogens is 1. The zero-order valence-corrected chi connectivity index (χ0v) is 13.4. The van der Waals surface area contributed by atoms with E-state index in [0.29, 0.717) is 15.6 Å². The van der Waals surface area contributed by atoms with Crippen LogP contribution < -0.4 is 10.5 Å². The van der Waals surface area contributed by atoms with Crippen molar-refractivity contribution >= 4 is 38.6 Å². The number of sulfonamides is 1. The summed E-state index contributed by atoms with van der Waals surface area (Å²) in [5.41, 5.74) is 7.44. The van der Waals surface area contributed by atoms with Crippen LogP contribution in [0.3, 0.4) is 0 Å². The van der Waals surface area contributed by atoms with Crippen LogP contribution in [0.5, 0.6) is 0 Å². The summed E-state index contributed by atoms with van der Waals surface area (Å²) in [5.74, 6) is 0. The van der Waals surface area contributed by atoms with E-state index in [1.807, 2.05) is 12.3 Å². The second-order valence-electron chi connectivity index (χ2n) is 4.35. The number of nitrogen functional groups attached to an aromatic ring is 1. The molecule has 20 heavy (non-hydrogen) atoms. The minimum absolute atomic E-state index is 0.102. The Labute approximate surface area is 126 Å². The van der Waals surface area contributed by atoms with Crippen molar-refractivity contribution in [2.45, 2.75) is 25.3 Å². The number of aryl methyl sites for hydroxylation is 2. The molecule has 0 unspecified atom stereocenters. The van der Waals surface area contributed by atoms with Gasteiger partial charge in [0.1, 0.15) is 5.01 Å². The smallest absolute Gasteiger partial charge is 0.241 e. The molecule has 0 saturated heterocycles. The lowest BCUT2D eigenvalue weighted by Gasteiger charge is -2.09. The van der Waals surface area contributed by atoms with Crippen molar-refractivity contribution in [2.75, 3.05) is 5.73 Å². The van der Waals surface area contributed by atoms with Crippen molar-refractivity contribution in [2.24, 2.45) is 0 Å². The van der Waals surface area contributed by atoms with Gasteiger partial charge >= 0.3 is 0 Å². The fourth-order valence-corrected chi connectivity index (χ4v) is 3.66. The minimum Gasteiger partial charge on any atom is -0.397 e. The molecule has 1 aromatic carbocycles. The number of rotatable bonds is 4. The van der Waals surface area contributed by atoms with Gasteiger partial charge in [-0.2, -0.15) is 0 Å². The molecule has 0 amide bonds. The van der Waals surface area contributed by atoms with Crippen LogP contribution in [-0.2, 0) is 16.6 Å². The maximum Gasteiger partial charge on any atom is 0.241 e. The summed E-state index contributed by atoms with van der Waals surface area (Å²) < 4.78 is 26.9. The van der Waals surface area contributed by atoms with Gasteiger partial charge in [-0.3, -0.25) is 0 Å². The van der Waals surface area contributed by atoms with Crippen molar-refractivity contribution in [3.8, 4) is 0 Å². The van der Waals surface area contributed by atoms with Crippen molar-refractivity contribution < 1.29 is 8.42 Å². The summed E-state index contributed by atoms with van der Waals surface area (Å²) in [6.45, 7) is 3.72. The molecule has 108 valence electrons. The second-order valence-corrected chi connectivity index (χ2v) is 7.44. The number of aromatic nitrogens is 1. The van der Waals surface area contributed by atoms with Crippen LogP contribution in [0.1, 0.15) is 16.3 Å². The number of nitrogens with one attached hydrogen (secondary N) is 1. The van der Waals surface area contributed by atoms with Crippen LogP contribution >= 0.6 is 22.9 Å². The fourth-order valence-electron chi connectivity index (χ4n) is 1.64. The molecule has 2 rings (SSSR count). The Bertz CT molecular complexity index is 718. The Balaban J connectivity index is 2.22. The van der Waals surface area contributed by atoms with E-state index < -0.39 is 10.0 Å². The molecule has 1 heterocycles. The molecule has 3 N–H and O–H groups in total. The summed E-state index contributed by atoms with van der Waals surface area (Å²) in [4.78, 5) is 4.30. The highest BCUT2D eigenvalue weighted by Crippen LogP contribution is 2.26. The van der Waals surface area contributed by atoms with Crippen molar-refractivity contribution in [1.82, 2.24) is 9.71 Å². The van der Waals surface area contributed by atoms with Crippen LogP contribution in [0, 0.1) is 13.8 Å². The van der Waals surface area contributed by atoms with Crippen molar-refractivity contribution in [3.05, 3.63) is 38.8 Å². The van der Waals surface area contributed by atoms with E-state index in [1.54, 1.807) is 6.92 Å². The molecule has 1 aromatic heterocycles. The molecule has 0 aliphatic carbocycles. The Hall–Kier alpha value is -1.15. The normalized spacial score (nSPS) is 11.8. The van der Waals surface area contributed by atoms with Gasteiger partial charge in [-0.15, -0.1) is 11.3 Å². The number of thiazole rings is 1. The number of hydrogen-bond acceptors (Lipinski definition) is 5. The zero-order valence-electron chi connectivity index (χ0n) is 11.0. The topological polar surface area (TPSA) is 85.1 Å². The minimum atomic E-state index is -3.63. The number of anilines is 1. The summed E-state index contributed by atoms with van der Waals surface area (Å²) in [5, 5.41) is 2.96. The highest BCUT2D eigenvalue weighted by Gasteiger charge is 2.17. The zero-order chi connectivity index (χ0) is 14.9. The molecule has 0 spiro atoms. The van der Waals surface area contributed by atoms with E-state index in [2.05, 4.69) is 9.71 Å². The third kappa shape index (κ3) is 3.29. The second kappa shape index (κ2) is 5.69. The van der Waals surface area contributed by atoms with E-state index >= 15 is 0 Å². The maximum absolute atomic E-state index is 12.2. The predicted molar refractivity (Wildman–Crippen MR) is 81.5 cm³/mol. The average Bonchev–Trinajstić information content (AvgIpc) is 2.79. The first-order valence-corrected chi connectivity index (χ1v) is 8.50. The van der Waals surface area contributed by atoms with Crippen molar-refractivity contribution in [3.63, 3.8) is 0 Å². The number of hydrogen-bond donors (Lipinski definition) is 2. The van der Waals surface area contributed by atoms with Crippen LogP contribution in [0.4, 0.5) is 5.69 Å². The summed E-state index contributed by atoms with van der Waals surface area (Å²) in [6, 6.07) is 2.85. The molecule has 0 saturated carbocycles. The highest BCUT2D eigenvalue weighted by atomic mass is 35.5. The Morgan fingerprint density at radius 1 is 1.40 bits per heavy atom. The van der Waals surface area contributed by atoms with Gasteiger partial charge in [-0.25, -0.2) is 18.1 Å². The summed E-state index contributed by atoms with van der Waals surface area (Å²) in [6.07, 6.45) is 0. The molecule has 8 heteroatoms. The van der Waals surface area contributed by atoms with Gasteiger partial charge in [-0.05, 0) is 31.5 Å². The fraction of sp³-hybridized carbons (Fsp3) is 0.250. The van der Waals surface area contributed by atoms with E-state index in [9.17, 15) is 8.42 Å². The standard InChI is InChI=1S/C12H14ClN3O2S2/c1-7-3-9(4-10(14)12(7)13)20(17,18)15-5-11-16-8(2)6-19-11/h3-4,6,15H,5,14H2,1-2H3. The molecule has 0 radical (unpaired) electrons. The third-order valence-corrected chi connectivity index (χ3v) is 5.51. The van der Waals surface area contributed by atoms with Crippen LogP contribution in [0.15, 0.2) is 22.4 Å². The first kappa shape index (κ1) is 15.2. The first-order chi connectivity index (χ1) is 9.29. The molecular formula is C12H14ClN3O2S2. The van der Waals surface area contributed by atoms with Gasteiger partial charge in [0, 0.05) is 11.1 Å². The van der Waals surface area contributed by atoms with Gasteiger partial charge in [0.25, 0.3) is 0 Å². The number of benzene rings is 1. The quantitative estimate of drug-likeness (QED) is 0.843. The monoisotopic (exact) mass is 331 g/mol. The van der Waals surface area contributed by atoms with E-state index in [-0.39, 0.29) is 17.1 Å². The lowest BCUT2D eigenvalue weighted by molar-refractivity contribution is 0.581. The Morgan fingerprint density at radius 3 is 2.65 bits per heavy atom. The SMILES string of the molecule is Cc1csc(CNS(=O)(=O)c2cc(C)c(Cl)c(N)c2)n1. The summed E-state index contributed by atoms with van der Waals surface area (Å²) in [7, 11) is -3.63. The molecule has 0 atom stereocenters. The van der Waals surface area contributed by atoms with Gasteiger partial charge < -0.3 is 5.73 Å². The molecule has 2 aromatic rings.